The molecular formula is C9H3F5O4. The lowest BCUT2D eigenvalue weighted by atomic mass is 9.95. The molecule has 0 saturated carbocycles. The lowest BCUT2D eigenvalue weighted by Gasteiger charge is -2.17. The molecule has 1 aromatic carbocycles. The summed E-state index contributed by atoms with van der Waals surface area (Å²) in [6.07, 6.45) is 0. The molecule has 0 aliphatic carbocycles. The first-order valence-corrected chi connectivity index (χ1v) is 4.13. The van der Waals surface area contributed by atoms with Crippen molar-refractivity contribution in [2.45, 2.75) is 5.67 Å². The van der Waals surface area contributed by atoms with Crippen LogP contribution < -0.4 is 0 Å². The first-order chi connectivity index (χ1) is 8.13. The average molecular weight is 270 g/mol. The number of benzene rings is 1. The number of carboxylic acids is 2. The number of hydrogen-bond donors (Lipinski definition) is 2. The van der Waals surface area contributed by atoms with Gasteiger partial charge < -0.3 is 10.2 Å². The highest BCUT2D eigenvalue weighted by molar-refractivity contribution is 6.02. The van der Waals surface area contributed by atoms with E-state index in [0.29, 0.717) is 0 Å². The summed E-state index contributed by atoms with van der Waals surface area (Å²) in [5.74, 6) is -14.8. The van der Waals surface area contributed by atoms with Crippen LogP contribution in [0.25, 0.3) is 0 Å². The summed E-state index contributed by atoms with van der Waals surface area (Å²) in [5, 5.41) is 16.7. The predicted molar refractivity (Wildman–Crippen MR) is 44.3 cm³/mol. The Morgan fingerprint density at radius 2 is 1.39 bits per heavy atom. The third kappa shape index (κ3) is 1.77. The van der Waals surface area contributed by atoms with Gasteiger partial charge in [0.15, 0.2) is 23.3 Å². The van der Waals surface area contributed by atoms with Crippen LogP contribution in [0.2, 0.25) is 0 Å². The van der Waals surface area contributed by atoms with Crippen LogP contribution in [-0.4, -0.2) is 22.2 Å². The molecule has 0 spiro atoms. The van der Waals surface area contributed by atoms with E-state index in [0.717, 1.165) is 0 Å². The summed E-state index contributed by atoms with van der Waals surface area (Å²) in [6, 6.07) is -0.365. The molecule has 2 N–H and O–H groups in total. The molecule has 4 nitrogen and oxygen atoms in total. The number of aliphatic carboxylic acids is 2. The monoisotopic (exact) mass is 270 g/mol. The van der Waals surface area contributed by atoms with Crippen LogP contribution in [0.5, 0.6) is 0 Å². The van der Waals surface area contributed by atoms with Crippen LogP contribution in [0.15, 0.2) is 6.07 Å². The van der Waals surface area contributed by atoms with Gasteiger partial charge in [-0.05, 0) is 6.07 Å². The Morgan fingerprint density at radius 3 is 1.78 bits per heavy atom. The number of rotatable bonds is 3. The van der Waals surface area contributed by atoms with E-state index in [1.807, 2.05) is 0 Å². The lowest BCUT2D eigenvalue weighted by molar-refractivity contribution is -0.168. The molecule has 0 radical (unpaired) electrons. The van der Waals surface area contributed by atoms with Gasteiger partial charge in [0.05, 0.1) is 5.56 Å². The zero-order valence-corrected chi connectivity index (χ0v) is 8.18. The number of halogens is 5. The van der Waals surface area contributed by atoms with Gasteiger partial charge >= 0.3 is 17.6 Å². The molecule has 0 bridgehead atoms. The minimum Gasteiger partial charge on any atom is -0.478 e. The van der Waals surface area contributed by atoms with E-state index in [1.54, 1.807) is 0 Å². The average Bonchev–Trinajstić information content (AvgIpc) is 2.29. The van der Waals surface area contributed by atoms with Gasteiger partial charge in [-0.3, -0.25) is 0 Å². The molecule has 9 heteroatoms. The van der Waals surface area contributed by atoms with Crippen molar-refractivity contribution in [3.05, 3.63) is 34.9 Å². The summed E-state index contributed by atoms with van der Waals surface area (Å²) < 4.78 is 64.8. The van der Waals surface area contributed by atoms with Gasteiger partial charge in [-0.15, -0.1) is 0 Å². The van der Waals surface area contributed by atoms with Gasteiger partial charge in [-0.2, -0.15) is 0 Å². The Morgan fingerprint density at radius 1 is 0.944 bits per heavy atom. The Bertz CT molecular complexity index is 528. The Hall–Kier alpha value is -2.19. The summed E-state index contributed by atoms with van der Waals surface area (Å²) >= 11 is 0. The highest BCUT2D eigenvalue weighted by Crippen LogP contribution is 2.32. The third-order valence-electron chi connectivity index (χ3n) is 2.06. The summed E-state index contributed by atoms with van der Waals surface area (Å²) in [4.78, 5) is 20.9. The molecule has 0 saturated heterocycles. The molecule has 1 rings (SSSR count). The standard InChI is InChI=1S/C9H3F5O4/c10-3-1-2(4(11)6(13)5(3)12)9(14,7(15)16)8(17)18/h1H,(H,15,16)(H,17,18). The summed E-state index contributed by atoms with van der Waals surface area (Å²) in [5.41, 5.74) is -6.40. The molecular weight excluding hydrogens is 267 g/mol. The molecule has 98 valence electrons. The highest BCUT2D eigenvalue weighted by Gasteiger charge is 2.52. The van der Waals surface area contributed by atoms with Gasteiger partial charge in [0.25, 0.3) is 0 Å². The molecule has 1 aromatic rings. The second-order valence-corrected chi connectivity index (χ2v) is 3.12. The Kier molecular flexibility index (Phi) is 3.27. The van der Waals surface area contributed by atoms with Crippen molar-refractivity contribution in [1.29, 1.82) is 0 Å². The van der Waals surface area contributed by atoms with E-state index in [-0.39, 0.29) is 6.07 Å². The molecule has 0 unspecified atom stereocenters. The normalized spacial score (nSPS) is 11.4. The molecule has 0 aliphatic heterocycles. The maximum absolute atomic E-state index is 13.6. The Labute approximate surface area is 95.3 Å². The lowest BCUT2D eigenvalue weighted by Crippen LogP contribution is -2.40. The van der Waals surface area contributed by atoms with E-state index < -0.39 is 46.4 Å². The number of alkyl halides is 1. The summed E-state index contributed by atoms with van der Waals surface area (Å²) in [6.45, 7) is 0. The molecule has 0 amide bonds. The largest absolute Gasteiger partial charge is 0.478 e. The quantitative estimate of drug-likeness (QED) is 0.378. The zero-order valence-electron chi connectivity index (χ0n) is 8.18. The van der Waals surface area contributed by atoms with Crippen molar-refractivity contribution in [2.24, 2.45) is 0 Å². The topological polar surface area (TPSA) is 74.6 Å². The van der Waals surface area contributed by atoms with E-state index in [1.165, 1.54) is 0 Å². The van der Waals surface area contributed by atoms with Crippen molar-refractivity contribution in [1.82, 2.24) is 0 Å². The predicted octanol–water partition coefficient (Wildman–Crippen LogP) is 1.58. The van der Waals surface area contributed by atoms with Crippen molar-refractivity contribution < 1.29 is 41.8 Å². The number of carbonyl (C=O) groups is 2. The molecule has 18 heavy (non-hydrogen) atoms. The first kappa shape index (κ1) is 13.9. The van der Waals surface area contributed by atoms with E-state index >= 15 is 0 Å². The summed E-state index contributed by atoms with van der Waals surface area (Å²) in [7, 11) is 0. The maximum atomic E-state index is 13.6. The van der Waals surface area contributed by atoms with E-state index in [4.69, 9.17) is 10.2 Å². The fraction of sp³-hybridized carbons (Fsp3) is 0.111. The first-order valence-electron chi connectivity index (χ1n) is 4.13. The fourth-order valence-corrected chi connectivity index (χ4v) is 1.15. The van der Waals surface area contributed by atoms with Crippen molar-refractivity contribution in [3.63, 3.8) is 0 Å². The van der Waals surface area contributed by atoms with Crippen molar-refractivity contribution in [2.75, 3.05) is 0 Å². The van der Waals surface area contributed by atoms with Gasteiger partial charge in [0.1, 0.15) is 0 Å². The second kappa shape index (κ2) is 4.24. The van der Waals surface area contributed by atoms with E-state index in [2.05, 4.69) is 0 Å². The SMILES string of the molecule is O=C(O)C(F)(C(=O)O)c1cc(F)c(F)c(F)c1F. The van der Waals surface area contributed by atoms with Crippen molar-refractivity contribution >= 4 is 11.9 Å². The van der Waals surface area contributed by atoms with Gasteiger partial charge in [0, 0.05) is 0 Å². The van der Waals surface area contributed by atoms with E-state index in [9.17, 15) is 31.5 Å². The second-order valence-electron chi connectivity index (χ2n) is 3.12. The fourth-order valence-electron chi connectivity index (χ4n) is 1.15. The molecule has 0 fully saturated rings. The number of carboxylic acid groups (broad SMARTS) is 2. The van der Waals surface area contributed by atoms with Crippen molar-refractivity contribution in [3.8, 4) is 0 Å². The maximum Gasteiger partial charge on any atom is 0.358 e. The molecule has 0 atom stereocenters. The zero-order chi connectivity index (χ0) is 14.2. The van der Waals surface area contributed by atoms with Crippen LogP contribution in [-0.2, 0) is 15.3 Å². The molecule has 0 heterocycles. The van der Waals surface area contributed by atoms with Crippen LogP contribution in [0.3, 0.4) is 0 Å². The minimum atomic E-state index is -4.43. The molecule has 0 aromatic heterocycles. The smallest absolute Gasteiger partial charge is 0.358 e. The van der Waals surface area contributed by atoms with Crippen LogP contribution >= 0.6 is 0 Å². The minimum absolute atomic E-state index is 0.365. The Balaban J connectivity index is 3.69. The van der Waals surface area contributed by atoms with Crippen LogP contribution in [0.4, 0.5) is 22.0 Å². The highest BCUT2D eigenvalue weighted by atomic mass is 19.2. The van der Waals surface area contributed by atoms with Crippen LogP contribution in [0, 0.1) is 23.3 Å². The molecule has 0 aliphatic rings. The number of hydrogen-bond acceptors (Lipinski definition) is 2. The third-order valence-corrected chi connectivity index (χ3v) is 2.06. The van der Waals surface area contributed by atoms with Gasteiger partial charge in [0.2, 0.25) is 0 Å². The van der Waals surface area contributed by atoms with Gasteiger partial charge in [-0.25, -0.2) is 31.5 Å². The van der Waals surface area contributed by atoms with Crippen LogP contribution in [0.1, 0.15) is 5.56 Å². The van der Waals surface area contributed by atoms with Gasteiger partial charge in [-0.1, -0.05) is 0 Å².